The van der Waals surface area contributed by atoms with Crippen LogP contribution in [0.5, 0.6) is 5.75 Å². The highest BCUT2D eigenvalue weighted by Gasteiger charge is 2.07. The quantitative estimate of drug-likeness (QED) is 0.468. The van der Waals surface area contributed by atoms with Gasteiger partial charge in [-0.15, -0.1) is 11.3 Å². The maximum absolute atomic E-state index is 12.1. The van der Waals surface area contributed by atoms with E-state index in [1.807, 2.05) is 76.8 Å². The molecule has 2 aromatic carbocycles. The van der Waals surface area contributed by atoms with Crippen LogP contribution in [0.15, 0.2) is 72.4 Å². The van der Waals surface area contributed by atoms with E-state index in [1.165, 1.54) is 0 Å². The summed E-state index contributed by atoms with van der Waals surface area (Å²) in [7, 11) is 0. The zero-order chi connectivity index (χ0) is 18.5. The molecule has 4 rings (SSSR count). The molecule has 2 aromatic heterocycles. The van der Waals surface area contributed by atoms with Crippen molar-refractivity contribution < 1.29 is 9.53 Å². The molecule has 0 aliphatic heterocycles. The van der Waals surface area contributed by atoms with E-state index in [4.69, 9.17) is 4.74 Å². The summed E-state index contributed by atoms with van der Waals surface area (Å²) < 4.78 is 7.61. The molecule has 0 unspecified atom stereocenters. The highest BCUT2D eigenvalue weighted by molar-refractivity contribution is 7.15. The van der Waals surface area contributed by atoms with Crippen LogP contribution >= 0.6 is 11.3 Å². The number of aromatic nitrogens is 2. The second-order valence-corrected chi connectivity index (χ2v) is 6.98. The van der Waals surface area contributed by atoms with Gasteiger partial charge >= 0.3 is 0 Å². The van der Waals surface area contributed by atoms with E-state index in [1.54, 1.807) is 11.3 Å². The van der Waals surface area contributed by atoms with Crippen LogP contribution in [0.3, 0.4) is 0 Å². The van der Waals surface area contributed by atoms with Gasteiger partial charge in [-0.1, -0.05) is 30.3 Å². The van der Waals surface area contributed by atoms with Gasteiger partial charge in [0.25, 0.3) is 0 Å². The Labute approximate surface area is 161 Å². The molecule has 0 atom stereocenters. The fourth-order valence-electron chi connectivity index (χ4n) is 2.75. The molecule has 0 spiro atoms. The lowest BCUT2D eigenvalue weighted by Crippen LogP contribution is -2.12. The van der Waals surface area contributed by atoms with E-state index >= 15 is 0 Å². The minimum Gasteiger partial charge on any atom is -0.494 e. The highest BCUT2D eigenvalue weighted by atomic mass is 32.1. The first-order valence-electron chi connectivity index (χ1n) is 8.78. The average molecular weight is 377 g/mol. The maximum atomic E-state index is 12.1. The van der Waals surface area contributed by atoms with Crippen LogP contribution in [0, 0.1) is 0 Å². The number of rotatable bonds is 7. The predicted molar refractivity (Wildman–Crippen MR) is 108 cm³/mol. The molecule has 2 heterocycles. The lowest BCUT2D eigenvalue weighted by molar-refractivity contribution is -0.116. The second-order valence-electron chi connectivity index (χ2n) is 6.11. The van der Waals surface area contributed by atoms with Crippen molar-refractivity contribution in [1.29, 1.82) is 0 Å². The van der Waals surface area contributed by atoms with Crippen LogP contribution in [-0.4, -0.2) is 21.9 Å². The molecular weight excluding hydrogens is 358 g/mol. The molecule has 0 radical (unpaired) electrons. The summed E-state index contributed by atoms with van der Waals surface area (Å²) in [5.41, 5.74) is 2.74. The molecule has 1 amide bonds. The first kappa shape index (κ1) is 17.3. The first-order valence-corrected chi connectivity index (χ1v) is 9.66. The summed E-state index contributed by atoms with van der Waals surface area (Å²) >= 11 is 1.61. The zero-order valence-corrected chi connectivity index (χ0v) is 15.5. The monoisotopic (exact) mass is 377 g/mol. The van der Waals surface area contributed by atoms with Gasteiger partial charge in [-0.3, -0.25) is 9.20 Å². The van der Waals surface area contributed by atoms with E-state index in [9.17, 15) is 4.79 Å². The number of para-hydroxylation sites is 1. The Morgan fingerprint density at radius 3 is 2.70 bits per heavy atom. The number of fused-ring (bicyclic) bond motifs is 1. The van der Waals surface area contributed by atoms with Gasteiger partial charge in [-0.2, -0.15) is 0 Å². The molecule has 4 aromatic rings. The van der Waals surface area contributed by atoms with E-state index in [0.29, 0.717) is 19.4 Å². The van der Waals surface area contributed by atoms with Gasteiger partial charge < -0.3 is 10.1 Å². The topological polar surface area (TPSA) is 55.6 Å². The molecule has 0 bridgehead atoms. The van der Waals surface area contributed by atoms with E-state index in [-0.39, 0.29) is 5.91 Å². The summed E-state index contributed by atoms with van der Waals surface area (Å²) in [5, 5.41) is 4.93. The molecule has 0 saturated carbocycles. The Bertz CT molecular complexity index is 994. The van der Waals surface area contributed by atoms with Gasteiger partial charge in [0, 0.05) is 35.4 Å². The maximum Gasteiger partial charge on any atom is 0.224 e. The van der Waals surface area contributed by atoms with E-state index in [0.717, 1.165) is 27.7 Å². The summed E-state index contributed by atoms with van der Waals surface area (Å²) in [5.74, 6) is 0.814. The van der Waals surface area contributed by atoms with Gasteiger partial charge in [0.05, 0.1) is 12.3 Å². The van der Waals surface area contributed by atoms with Crippen molar-refractivity contribution in [3.05, 3.63) is 72.4 Å². The highest BCUT2D eigenvalue weighted by Crippen LogP contribution is 2.23. The molecule has 0 aliphatic carbocycles. The third kappa shape index (κ3) is 4.35. The van der Waals surface area contributed by atoms with E-state index < -0.39 is 0 Å². The SMILES string of the molecule is O=C(CCCOc1ccccc1)Nc1ccc(-c2cn3ccsc3n2)cc1. The standard InChI is InChI=1S/C21H19N3O2S/c25-20(7-4-13-26-18-5-2-1-3-6-18)22-17-10-8-16(9-11-17)19-15-24-12-14-27-21(24)23-19/h1-3,5-6,8-12,14-15H,4,7,13H2,(H,22,25). The van der Waals surface area contributed by atoms with Crippen LogP contribution < -0.4 is 10.1 Å². The number of nitrogens with one attached hydrogen (secondary N) is 1. The molecule has 136 valence electrons. The fraction of sp³-hybridized carbons (Fsp3) is 0.143. The molecule has 0 aliphatic rings. The summed E-state index contributed by atoms with van der Waals surface area (Å²) in [6.45, 7) is 0.522. The number of hydrogen-bond acceptors (Lipinski definition) is 4. The van der Waals surface area contributed by atoms with Gasteiger partial charge in [-0.05, 0) is 30.7 Å². The smallest absolute Gasteiger partial charge is 0.224 e. The zero-order valence-electron chi connectivity index (χ0n) is 14.7. The van der Waals surface area contributed by atoms with Gasteiger partial charge in [0.2, 0.25) is 5.91 Å². The fourth-order valence-corrected chi connectivity index (χ4v) is 3.45. The third-order valence-electron chi connectivity index (χ3n) is 4.12. The van der Waals surface area contributed by atoms with Crippen LogP contribution in [0.4, 0.5) is 5.69 Å². The van der Waals surface area contributed by atoms with Crippen LogP contribution in [0.2, 0.25) is 0 Å². The number of carbonyl (C=O) groups is 1. The number of benzene rings is 2. The van der Waals surface area contributed by atoms with Gasteiger partial charge in [-0.25, -0.2) is 4.98 Å². The second kappa shape index (κ2) is 8.05. The van der Waals surface area contributed by atoms with Crippen molar-refractivity contribution >= 4 is 27.9 Å². The van der Waals surface area contributed by atoms with Crippen molar-refractivity contribution in [1.82, 2.24) is 9.38 Å². The third-order valence-corrected chi connectivity index (χ3v) is 4.89. The first-order chi connectivity index (χ1) is 13.3. The number of thiazole rings is 1. The number of ether oxygens (including phenoxy) is 1. The van der Waals surface area contributed by atoms with Crippen molar-refractivity contribution in [3.63, 3.8) is 0 Å². The normalized spacial score (nSPS) is 10.8. The minimum atomic E-state index is -0.0121. The average Bonchev–Trinajstić information content (AvgIpc) is 3.29. The van der Waals surface area contributed by atoms with Crippen molar-refractivity contribution in [2.24, 2.45) is 0 Å². The molecule has 5 nitrogen and oxygen atoms in total. The Balaban J connectivity index is 1.26. The Morgan fingerprint density at radius 1 is 1.11 bits per heavy atom. The van der Waals surface area contributed by atoms with Crippen molar-refractivity contribution in [3.8, 4) is 17.0 Å². The minimum absolute atomic E-state index is 0.0121. The molecular formula is C21H19N3O2S. The molecule has 27 heavy (non-hydrogen) atoms. The lowest BCUT2D eigenvalue weighted by Gasteiger charge is -2.07. The lowest BCUT2D eigenvalue weighted by atomic mass is 10.1. The summed E-state index contributed by atoms with van der Waals surface area (Å²) in [4.78, 5) is 17.6. The Hall–Kier alpha value is -3.12. The molecule has 6 heteroatoms. The number of hydrogen-bond donors (Lipinski definition) is 1. The number of carbonyl (C=O) groups excluding carboxylic acids is 1. The van der Waals surface area contributed by atoms with Gasteiger partial charge in [0.15, 0.2) is 4.96 Å². The summed E-state index contributed by atoms with van der Waals surface area (Å²) in [6.07, 6.45) is 5.09. The number of nitrogens with zero attached hydrogens (tertiary/aromatic N) is 2. The number of amides is 1. The van der Waals surface area contributed by atoms with Crippen molar-refractivity contribution in [2.45, 2.75) is 12.8 Å². The van der Waals surface area contributed by atoms with Crippen LogP contribution in [0.1, 0.15) is 12.8 Å². The summed E-state index contributed by atoms with van der Waals surface area (Å²) in [6, 6.07) is 17.4. The molecule has 1 N–H and O–H groups in total. The van der Waals surface area contributed by atoms with Crippen LogP contribution in [-0.2, 0) is 4.79 Å². The predicted octanol–water partition coefficient (Wildman–Crippen LogP) is 4.86. The number of anilines is 1. The molecule has 0 saturated heterocycles. The largest absolute Gasteiger partial charge is 0.494 e. The van der Waals surface area contributed by atoms with Gasteiger partial charge in [0.1, 0.15) is 5.75 Å². The number of imidazole rings is 1. The Kier molecular flexibility index (Phi) is 5.16. The Morgan fingerprint density at radius 2 is 1.93 bits per heavy atom. The van der Waals surface area contributed by atoms with Crippen LogP contribution in [0.25, 0.3) is 16.2 Å². The van der Waals surface area contributed by atoms with E-state index in [2.05, 4.69) is 10.3 Å². The molecule has 0 fully saturated rings. The van der Waals surface area contributed by atoms with Crippen molar-refractivity contribution in [2.75, 3.05) is 11.9 Å².